The number of allylic oxidation sites excluding steroid dienone is 5. The monoisotopic (exact) mass is 860 g/mol. The Balaban J connectivity index is 1.40. The van der Waals surface area contributed by atoms with Crippen molar-refractivity contribution in [1.82, 2.24) is 0 Å². The summed E-state index contributed by atoms with van der Waals surface area (Å²) in [6.45, 7) is 4.39. The molecule has 304 valence electrons. The molecule has 0 spiro atoms. The fourth-order valence-corrected chi connectivity index (χ4v) is 28.8. The van der Waals surface area contributed by atoms with Crippen LogP contribution in [0.2, 0.25) is 13.1 Å². The first-order chi connectivity index (χ1) is 30.4. The van der Waals surface area contributed by atoms with Crippen LogP contribution in [0.1, 0.15) is 55.2 Å². The van der Waals surface area contributed by atoms with E-state index >= 15 is 9.59 Å². The van der Waals surface area contributed by atoms with Crippen molar-refractivity contribution < 1.29 is 31.0 Å². The number of hydrogen-bond acceptors (Lipinski definition) is 4. The van der Waals surface area contributed by atoms with Crippen LogP contribution in [-0.4, -0.2) is 18.1 Å². The van der Waals surface area contributed by atoms with E-state index < -0.39 is 48.0 Å². The summed E-state index contributed by atoms with van der Waals surface area (Å²) in [6.07, 6.45) is 9.06. The topological polar surface area (TPSA) is 52.6 Å². The number of rotatable bonds is 12. The van der Waals surface area contributed by atoms with Crippen molar-refractivity contribution in [3.63, 3.8) is 0 Å². The van der Waals surface area contributed by atoms with E-state index in [1.807, 2.05) is 200 Å². The van der Waals surface area contributed by atoms with Gasteiger partial charge in [0.2, 0.25) is 0 Å². The fraction of sp³-hybridized carbons (Fsp3) is 0.107. The molecule has 1 atom stereocenters. The van der Waals surface area contributed by atoms with E-state index in [0.29, 0.717) is 6.42 Å². The molecule has 0 heterocycles. The van der Waals surface area contributed by atoms with Crippen molar-refractivity contribution in [3.05, 3.63) is 279 Å². The Bertz CT molecular complexity index is 2560. The zero-order valence-corrected chi connectivity index (χ0v) is 37.5. The van der Waals surface area contributed by atoms with Gasteiger partial charge in [0.15, 0.2) is 0 Å². The Morgan fingerprint density at radius 2 is 0.839 bits per heavy atom. The fourth-order valence-electron chi connectivity index (χ4n) is 10.2. The number of carbonyl (C=O) groups is 2. The standard InChI is InChI=1S/2C20H16O2.C9H7.C5H5.C2H6Si.Ti/c2*21-19(22)20(16-10-4-1-5-11-16,17-12-6-2-7-13-17)18-14-8-3-9-15-18;1-2-5-9-7-3-6-8(9)4-1;1-2-4-5-3-1;1-3-2;/h2*1-15H,(H,21,22);1-7H;1-3H,4H2;1-2H3;/q;;;;;+2/p-2. The average Bonchev–Trinajstić information content (AvgIpc) is 4.04. The number of hydrogen-bond donors (Lipinski definition) is 0. The molecule has 7 aromatic rings. The van der Waals surface area contributed by atoms with Gasteiger partial charge in [-0.25, -0.2) is 0 Å². The van der Waals surface area contributed by atoms with Crippen LogP contribution in [0.25, 0.3) is 6.08 Å². The average molecular weight is 861 g/mol. The van der Waals surface area contributed by atoms with Gasteiger partial charge in [0.1, 0.15) is 0 Å². The van der Waals surface area contributed by atoms with Crippen molar-refractivity contribution in [2.75, 3.05) is 0 Å². The zero-order chi connectivity index (χ0) is 42.7. The van der Waals surface area contributed by atoms with E-state index in [-0.39, 0.29) is 0 Å². The van der Waals surface area contributed by atoms with Crippen LogP contribution in [0.15, 0.2) is 234 Å². The van der Waals surface area contributed by atoms with Crippen LogP contribution in [-0.2, 0) is 41.9 Å². The number of benzene rings is 7. The molecule has 0 fully saturated rings. The van der Waals surface area contributed by atoms with Crippen molar-refractivity contribution in [2.24, 2.45) is 0 Å². The number of carbonyl (C=O) groups excluding carboxylic acids is 2. The normalized spacial score (nSPS) is 14.8. The SMILES string of the molecule is C[Si](C)=[Ti]([O]C(=O)C(c1ccccc1)(c1ccccc1)c1ccccc1)([O]C(=O)C(c1ccccc1)(c1ccccc1)c1ccccc1)([C]1=CC=CC1)[CH]1C=Cc2ccccc21. The zero-order valence-electron chi connectivity index (χ0n) is 34.9. The molecule has 0 bridgehead atoms. The molecule has 4 nitrogen and oxygen atoms in total. The van der Waals surface area contributed by atoms with Crippen molar-refractivity contribution in [2.45, 2.75) is 34.6 Å². The molecule has 0 amide bonds. The van der Waals surface area contributed by atoms with Gasteiger partial charge in [0.05, 0.1) is 0 Å². The molecule has 0 N–H and O–H groups in total. The molecule has 0 saturated carbocycles. The Kier molecular flexibility index (Phi) is 11.1. The van der Waals surface area contributed by atoms with Gasteiger partial charge < -0.3 is 0 Å². The predicted molar refractivity (Wildman–Crippen MR) is 248 cm³/mol. The van der Waals surface area contributed by atoms with Crippen molar-refractivity contribution in [3.8, 4) is 0 Å². The van der Waals surface area contributed by atoms with Gasteiger partial charge in [-0.05, 0) is 0 Å². The second-order valence-corrected chi connectivity index (χ2v) is 33.2. The first-order valence-corrected chi connectivity index (χ1v) is 29.1. The van der Waals surface area contributed by atoms with Gasteiger partial charge in [-0.3, -0.25) is 0 Å². The van der Waals surface area contributed by atoms with E-state index in [0.717, 1.165) is 48.4 Å². The second-order valence-electron chi connectivity index (χ2n) is 16.4. The van der Waals surface area contributed by atoms with Crippen molar-refractivity contribution in [1.29, 1.82) is 0 Å². The Labute approximate surface area is 366 Å². The third-order valence-corrected chi connectivity index (χ3v) is 34.2. The van der Waals surface area contributed by atoms with E-state index in [4.69, 9.17) is 6.64 Å². The van der Waals surface area contributed by atoms with Gasteiger partial charge in [0.25, 0.3) is 0 Å². The summed E-state index contributed by atoms with van der Waals surface area (Å²) in [4.78, 5) is 33.7. The summed E-state index contributed by atoms with van der Waals surface area (Å²) < 4.78 is 16.4. The van der Waals surface area contributed by atoms with Crippen LogP contribution >= 0.6 is 0 Å². The van der Waals surface area contributed by atoms with E-state index in [9.17, 15) is 0 Å². The Morgan fingerprint density at radius 3 is 1.16 bits per heavy atom. The molecule has 0 aliphatic heterocycles. The van der Waals surface area contributed by atoms with E-state index in [1.165, 1.54) is 0 Å². The van der Waals surface area contributed by atoms with Crippen molar-refractivity contribution >= 4 is 24.2 Å². The summed E-state index contributed by atoms with van der Waals surface area (Å²) in [7, 11) is 0. The molecule has 2 aliphatic carbocycles. The predicted octanol–water partition coefficient (Wildman–Crippen LogP) is 12.5. The van der Waals surface area contributed by atoms with Gasteiger partial charge in [0, 0.05) is 0 Å². The Morgan fingerprint density at radius 1 is 0.500 bits per heavy atom. The molecule has 0 saturated heterocycles. The van der Waals surface area contributed by atoms with Crippen LogP contribution in [0, 0.1) is 0 Å². The summed E-state index contributed by atoms with van der Waals surface area (Å²) in [5.41, 5.74) is 3.69. The summed E-state index contributed by atoms with van der Waals surface area (Å²) in [5.74, 6) is -0.931. The number of fused-ring (bicyclic) bond motifs is 1. The summed E-state index contributed by atoms with van der Waals surface area (Å²) in [5, 5.41) is 0. The first-order valence-electron chi connectivity index (χ1n) is 21.3. The second kappa shape index (κ2) is 16.8. The van der Waals surface area contributed by atoms with Gasteiger partial charge in [-0.1, -0.05) is 0 Å². The van der Waals surface area contributed by atoms with Crippen LogP contribution in [0.3, 0.4) is 0 Å². The molecule has 9 rings (SSSR count). The van der Waals surface area contributed by atoms with E-state index in [1.54, 1.807) is 0 Å². The molecule has 1 unspecified atom stereocenters. The van der Waals surface area contributed by atoms with Gasteiger partial charge in [-0.2, -0.15) is 0 Å². The molecule has 6 heteroatoms. The summed E-state index contributed by atoms with van der Waals surface area (Å²) >= 11 is -6.05. The molecular weight excluding hydrogens is 813 g/mol. The first kappa shape index (κ1) is 41.0. The molecule has 62 heavy (non-hydrogen) atoms. The molecule has 0 radical (unpaired) electrons. The minimum absolute atomic E-state index is 0.465. The van der Waals surface area contributed by atoms with Crippen LogP contribution < -0.4 is 0 Å². The van der Waals surface area contributed by atoms with Crippen LogP contribution in [0.4, 0.5) is 0 Å². The third kappa shape index (κ3) is 6.38. The third-order valence-electron chi connectivity index (χ3n) is 13.1. The molecule has 2 aliphatic rings. The van der Waals surface area contributed by atoms with Gasteiger partial charge in [-0.15, -0.1) is 0 Å². The maximum atomic E-state index is 16.8. The molecule has 7 aromatic carbocycles. The van der Waals surface area contributed by atoms with Crippen LogP contribution in [0.5, 0.6) is 0 Å². The summed E-state index contributed by atoms with van der Waals surface area (Å²) in [6, 6.07) is 67.8. The molecule has 0 aromatic heterocycles. The Hall–Kier alpha value is -6.37. The van der Waals surface area contributed by atoms with Gasteiger partial charge >= 0.3 is 369 Å². The minimum atomic E-state index is -6.05. The molecular formula is C56H48O4SiTi. The maximum absolute atomic E-state index is 16.8. The van der Waals surface area contributed by atoms with E-state index in [2.05, 4.69) is 49.5 Å². The quantitative estimate of drug-likeness (QED) is 0.0907.